The molecule has 22 heavy (non-hydrogen) atoms. The quantitative estimate of drug-likeness (QED) is 0.526. The van der Waals surface area contributed by atoms with E-state index in [2.05, 4.69) is 10.6 Å². The lowest BCUT2D eigenvalue weighted by molar-refractivity contribution is -0.908. The normalized spacial score (nSPS) is 15.5. The zero-order valence-electron chi connectivity index (χ0n) is 12.5. The Kier molecular flexibility index (Phi) is 7.69. The average molecular weight is 363 g/mol. The lowest BCUT2D eigenvalue weighted by atomic mass is 10.2. The van der Waals surface area contributed by atoms with E-state index in [1.807, 2.05) is 12.1 Å². The fraction of sp³-hybridized carbons (Fsp3) is 0.533. The molecule has 0 aromatic heterocycles. The number of quaternary nitrogens is 1. The molecule has 1 fully saturated rings. The Balaban J connectivity index is 1.59. The fourth-order valence-corrected chi connectivity index (χ4v) is 3.00. The largest absolute Gasteiger partial charge is 0.370 e. The first kappa shape index (κ1) is 17.8. The first-order valence-electron chi connectivity index (χ1n) is 7.52. The highest BCUT2D eigenvalue weighted by atomic mass is 35.5. The number of rotatable bonds is 6. The summed E-state index contributed by atoms with van der Waals surface area (Å²) in [6.07, 6.45) is 1.10. The third kappa shape index (κ3) is 6.26. The number of nitrogens with one attached hydrogen (secondary N) is 3. The van der Waals surface area contributed by atoms with E-state index in [-0.39, 0.29) is 0 Å². The Hall–Kier alpha value is -0.590. The van der Waals surface area contributed by atoms with Crippen LogP contribution in [0, 0.1) is 0 Å². The van der Waals surface area contributed by atoms with Gasteiger partial charge < -0.3 is 20.3 Å². The van der Waals surface area contributed by atoms with Crippen molar-refractivity contribution in [1.29, 1.82) is 0 Å². The smallest absolute Gasteiger partial charge is 0.166 e. The third-order valence-corrected chi connectivity index (χ3v) is 4.52. The molecule has 0 unspecified atom stereocenters. The average Bonchev–Trinajstić information content (AvgIpc) is 2.52. The van der Waals surface area contributed by atoms with Crippen LogP contribution < -0.4 is 15.5 Å². The maximum atomic E-state index is 6.12. The van der Waals surface area contributed by atoms with Gasteiger partial charge in [0.05, 0.1) is 19.8 Å². The van der Waals surface area contributed by atoms with E-state index in [9.17, 15) is 0 Å². The highest BCUT2D eigenvalue weighted by molar-refractivity contribution is 7.80. The van der Waals surface area contributed by atoms with E-state index in [1.54, 1.807) is 11.0 Å². The van der Waals surface area contributed by atoms with Gasteiger partial charge in [-0.1, -0.05) is 29.3 Å². The molecule has 0 bridgehead atoms. The van der Waals surface area contributed by atoms with Gasteiger partial charge in [0.2, 0.25) is 0 Å². The van der Waals surface area contributed by atoms with Crippen LogP contribution >= 0.6 is 35.4 Å². The predicted molar refractivity (Wildman–Crippen MR) is 94.9 cm³/mol. The minimum atomic E-state index is 0.594. The van der Waals surface area contributed by atoms with Gasteiger partial charge in [0.15, 0.2) is 5.11 Å². The second-order valence-electron chi connectivity index (χ2n) is 5.31. The molecule has 1 aliphatic heterocycles. The highest BCUT2D eigenvalue weighted by Crippen LogP contribution is 2.20. The topological polar surface area (TPSA) is 37.7 Å². The van der Waals surface area contributed by atoms with Crippen molar-refractivity contribution in [2.45, 2.75) is 13.0 Å². The molecule has 2 rings (SSSR count). The minimum absolute atomic E-state index is 0.594. The maximum Gasteiger partial charge on any atom is 0.166 e. The first-order valence-corrected chi connectivity index (χ1v) is 8.68. The minimum Gasteiger partial charge on any atom is -0.370 e. The molecule has 0 radical (unpaired) electrons. The van der Waals surface area contributed by atoms with E-state index in [0.29, 0.717) is 21.7 Å². The molecular weight excluding hydrogens is 341 g/mol. The standard InChI is InChI=1S/C15H21Cl2N3OS/c16-13-3-2-12(14(17)10-13)11-19-15(22)18-4-1-5-20-6-8-21-9-7-20/h2-3,10H,1,4-9,11H2,(H2,18,19,22)/p+1. The molecule has 7 heteroatoms. The SMILES string of the molecule is S=C(NCCC[NH+]1CCOCC1)NCc1ccc(Cl)cc1Cl. The molecule has 0 aliphatic carbocycles. The molecule has 1 aromatic carbocycles. The summed E-state index contributed by atoms with van der Waals surface area (Å²) in [6.45, 7) is 6.60. The van der Waals surface area contributed by atoms with Gasteiger partial charge in [0.1, 0.15) is 13.1 Å². The van der Waals surface area contributed by atoms with Crippen LogP contribution in [0.3, 0.4) is 0 Å². The predicted octanol–water partition coefficient (Wildman–Crippen LogP) is 1.26. The lowest BCUT2D eigenvalue weighted by Gasteiger charge is -2.23. The van der Waals surface area contributed by atoms with Gasteiger partial charge in [-0.2, -0.15) is 0 Å². The number of halogens is 2. The van der Waals surface area contributed by atoms with Crippen LogP contribution in [0.15, 0.2) is 18.2 Å². The van der Waals surface area contributed by atoms with E-state index >= 15 is 0 Å². The molecular formula is C15H22Cl2N3OS+. The Morgan fingerprint density at radius 2 is 2.00 bits per heavy atom. The molecule has 0 spiro atoms. The molecule has 1 heterocycles. The number of thiocarbonyl (C=S) groups is 1. The van der Waals surface area contributed by atoms with Crippen LogP contribution in [0.2, 0.25) is 10.0 Å². The second kappa shape index (κ2) is 9.53. The Labute approximate surface area is 147 Å². The van der Waals surface area contributed by atoms with Gasteiger partial charge in [-0.3, -0.25) is 0 Å². The van der Waals surface area contributed by atoms with Gasteiger partial charge in [-0.05, 0) is 29.9 Å². The molecule has 1 aromatic rings. The molecule has 0 amide bonds. The summed E-state index contributed by atoms with van der Waals surface area (Å²) in [5.74, 6) is 0. The molecule has 122 valence electrons. The Morgan fingerprint density at radius 1 is 1.23 bits per heavy atom. The van der Waals surface area contributed by atoms with E-state index in [1.165, 1.54) is 0 Å². The second-order valence-corrected chi connectivity index (χ2v) is 6.56. The Morgan fingerprint density at radius 3 is 2.73 bits per heavy atom. The summed E-state index contributed by atoms with van der Waals surface area (Å²) < 4.78 is 5.35. The van der Waals surface area contributed by atoms with Crippen molar-refractivity contribution in [3.05, 3.63) is 33.8 Å². The zero-order valence-corrected chi connectivity index (χ0v) is 14.8. The fourth-order valence-electron chi connectivity index (χ4n) is 2.35. The van der Waals surface area contributed by atoms with Crippen molar-refractivity contribution in [1.82, 2.24) is 10.6 Å². The van der Waals surface area contributed by atoms with Gasteiger partial charge >= 0.3 is 0 Å². The maximum absolute atomic E-state index is 6.12. The zero-order chi connectivity index (χ0) is 15.8. The van der Waals surface area contributed by atoms with Gasteiger partial charge in [-0.25, -0.2) is 0 Å². The van der Waals surface area contributed by atoms with Crippen LogP contribution in [-0.2, 0) is 11.3 Å². The highest BCUT2D eigenvalue weighted by Gasteiger charge is 2.12. The van der Waals surface area contributed by atoms with E-state index in [4.69, 9.17) is 40.2 Å². The van der Waals surface area contributed by atoms with Gasteiger partial charge in [0, 0.05) is 29.6 Å². The summed E-state index contributed by atoms with van der Waals surface area (Å²) in [7, 11) is 0. The monoisotopic (exact) mass is 362 g/mol. The van der Waals surface area contributed by atoms with Crippen molar-refractivity contribution >= 4 is 40.5 Å². The number of hydrogen-bond acceptors (Lipinski definition) is 2. The van der Waals surface area contributed by atoms with Gasteiger partial charge in [0.25, 0.3) is 0 Å². The van der Waals surface area contributed by atoms with Crippen LogP contribution in [-0.4, -0.2) is 44.5 Å². The summed E-state index contributed by atoms with van der Waals surface area (Å²) in [5.41, 5.74) is 0.980. The third-order valence-electron chi connectivity index (χ3n) is 3.65. The van der Waals surface area contributed by atoms with E-state index in [0.717, 1.165) is 51.4 Å². The number of hydrogen-bond donors (Lipinski definition) is 3. The van der Waals surface area contributed by atoms with Crippen molar-refractivity contribution in [3.63, 3.8) is 0 Å². The van der Waals surface area contributed by atoms with Crippen LogP contribution in [0.1, 0.15) is 12.0 Å². The van der Waals surface area contributed by atoms with Crippen molar-refractivity contribution in [3.8, 4) is 0 Å². The molecule has 0 saturated carbocycles. The summed E-state index contributed by atoms with van der Waals surface area (Å²) >= 11 is 17.3. The molecule has 1 saturated heterocycles. The van der Waals surface area contributed by atoms with Crippen molar-refractivity contribution in [2.75, 3.05) is 39.4 Å². The van der Waals surface area contributed by atoms with Crippen LogP contribution in [0.4, 0.5) is 0 Å². The van der Waals surface area contributed by atoms with Crippen LogP contribution in [0.5, 0.6) is 0 Å². The number of benzene rings is 1. The summed E-state index contributed by atoms with van der Waals surface area (Å²) in [6, 6.07) is 5.47. The first-order chi connectivity index (χ1) is 10.6. The Bertz CT molecular complexity index is 496. The molecule has 0 atom stereocenters. The van der Waals surface area contributed by atoms with Crippen molar-refractivity contribution in [2.24, 2.45) is 0 Å². The molecule has 1 aliphatic rings. The molecule has 4 nitrogen and oxygen atoms in total. The van der Waals surface area contributed by atoms with E-state index < -0.39 is 0 Å². The van der Waals surface area contributed by atoms with Crippen molar-refractivity contribution < 1.29 is 9.64 Å². The summed E-state index contributed by atoms with van der Waals surface area (Å²) in [4.78, 5) is 1.61. The number of morpholine rings is 1. The number of ether oxygens (including phenoxy) is 1. The van der Waals surface area contributed by atoms with Gasteiger partial charge in [-0.15, -0.1) is 0 Å². The lowest BCUT2D eigenvalue weighted by Crippen LogP contribution is -3.14. The molecule has 3 N–H and O–H groups in total. The van der Waals surface area contributed by atoms with Crippen LogP contribution in [0.25, 0.3) is 0 Å². The summed E-state index contributed by atoms with van der Waals surface area (Å²) in [5, 5.41) is 8.34.